The maximum absolute atomic E-state index is 5.91. The molecule has 1 aliphatic rings. The van der Waals surface area contributed by atoms with Crippen LogP contribution in [-0.4, -0.2) is 19.1 Å². The van der Waals surface area contributed by atoms with E-state index >= 15 is 0 Å². The van der Waals surface area contributed by atoms with Crippen LogP contribution in [-0.2, 0) is 0 Å². The third-order valence-corrected chi connectivity index (χ3v) is 3.50. The molecule has 0 saturated heterocycles. The molecule has 0 bridgehead atoms. The highest BCUT2D eigenvalue weighted by atomic mass is 15.1. The van der Waals surface area contributed by atoms with Gasteiger partial charge in [-0.3, -0.25) is 0 Å². The van der Waals surface area contributed by atoms with E-state index in [1.165, 1.54) is 11.3 Å². The minimum atomic E-state index is 0.260. The Bertz CT molecular complexity index is 398. The van der Waals surface area contributed by atoms with Gasteiger partial charge in [-0.1, -0.05) is 30.4 Å². The Hall–Kier alpha value is -1.28. The summed E-state index contributed by atoms with van der Waals surface area (Å²) in [6, 6.07) is 8.85. The van der Waals surface area contributed by atoms with E-state index in [1.807, 2.05) is 0 Å². The van der Waals surface area contributed by atoms with Gasteiger partial charge < -0.3 is 10.6 Å². The number of aryl methyl sites for hydroxylation is 1. The molecule has 0 heterocycles. The predicted octanol–water partition coefficient (Wildman–Crippen LogP) is 2.72. The Morgan fingerprint density at radius 3 is 2.65 bits per heavy atom. The molecule has 2 nitrogen and oxygen atoms in total. The Labute approximate surface area is 104 Å². The highest BCUT2D eigenvalue weighted by molar-refractivity contribution is 5.53. The fourth-order valence-corrected chi connectivity index (χ4v) is 2.54. The summed E-state index contributed by atoms with van der Waals surface area (Å²) in [4.78, 5) is 2.45. The Kier molecular flexibility index (Phi) is 3.85. The highest BCUT2D eigenvalue weighted by Gasteiger charge is 2.18. The fraction of sp³-hybridized carbons (Fsp3) is 0.467. The second-order valence-electron chi connectivity index (χ2n) is 4.87. The molecule has 0 radical (unpaired) electrons. The lowest BCUT2D eigenvalue weighted by molar-refractivity contribution is 0.575. The molecule has 1 aliphatic carbocycles. The van der Waals surface area contributed by atoms with Crippen molar-refractivity contribution in [1.82, 2.24) is 0 Å². The van der Waals surface area contributed by atoms with Crippen LogP contribution in [0.5, 0.6) is 0 Å². The number of hydrogen-bond donors (Lipinski definition) is 1. The molecular weight excluding hydrogens is 208 g/mol. The molecule has 2 rings (SSSR count). The molecule has 0 aliphatic heterocycles. The van der Waals surface area contributed by atoms with Crippen molar-refractivity contribution < 1.29 is 0 Å². The molecule has 0 amide bonds. The van der Waals surface area contributed by atoms with E-state index in [-0.39, 0.29) is 6.04 Å². The lowest BCUT2D eigenvalue weighted by atomic mass is 10.1. The zero-order chi connectivity index (χ0) is 12.3. The van der Waals surface area contributed by atoms with Gasteiger partial charge in [0.25, 0.3) is 0 Å². The number of benzene rings is 1. The summed E-state index contributed by atoms with van der Waals surface area (Å²) in [5.41, 5.74) is 8.60. The van der Waals surface area contributed by atoms with Gasteiger partial charge in [-0.2, -0.15) is 0 Å². The zero-order valence-electron chi connectivity index (χ0n) is 10.8. The molecule has 2 atom stereocenters. The molecule has 92 valence electrons. The number of hydrogen-bond acceptors (Lipinski definition) is 2. The van der Waals surface area contributed by atoms with Crippen LogP contribution >= 0.6 is 0 Å². The first-order chi connectivity index (χ1) is 8.20. The topological polar surface area (TPSA) is 29.3 Å². The van der Waals surface area contributed by atoms with Gasteiger partial charge in [-0.15, -0.1) is 0 Å². The van der Waals surface area contributed by atoms with Gasteiger partial charge in [0.2, 0.25) is 0 Å². The summed E-state index contributed by atoms with van der Waals surface area (Å²) in [5.74, 6) is 0.601. The van der Waals surface area contributed by atoms with Gasteiger partial charge in [-0.25, -0.2) is 0 Å². The van der Waals surface area contributed by atoms with Gasteiger partial charge in [0.1, 0.15) is 0 Å². The Morgan fingerprint density at radius 2 is 2.06 bits per heavy atom. The van der Waals surface area contributed by atoms with Crippen LogP contribution < -0.4 is 10.6 Å². The van der Waals surface area contributed by atoms with Crippen LogP contribution in [0.2, 0.25) is 0 Å². The molecule has 0 spiro atoms. The molecule has 0 fully saturated rings. The molecule has 2 heteroatoms. The number of nitrogens with zero attached hydrogens (tertiary/aromatic N) is 1. The van der Waals surface area contributed by atoms with Crippen molar-refractivity contribution in [2.45, 2.75) is 26.3 Å². The standard InChI is InChI=1S/C15H22N2/c1-3-17(11-13-8-9-14(16)10-13)15-7-5-4-6-12(15)2/h4-9,13-14H,3,10-11,16H2,1-2H3. The van der Waals surface area contributed by atoms with Crippen LogP contribution in [0.25, 0.3) is 0 Å². The summed E-state index contributed by atoms with van der Waals surface area (Å²) in [6.07, 6.45) is 5.49. The third-order valence-electron chi connectivity index (χ3n) is 3.50. The van der Waals surface area contributed by atoms with Crippen LogP contribution in [0, 0.1) is 12.8 Å². The van der Waals surface area contributed by atoms with Crippen molar-refractivity contribution in [3.05, 3.63) is 42.0 Å². The van der Waals surface area contributed by atoms with Crippen molar-refractivity contribution in [3.63, 3.8) is 0 Å². The monoisotopic (exact) mass is 230 g/mol. The number of nitrogens with two attached hydrogens (primary N) is 1. The van der Waals surface area contributed by atoms with Gasteiger partial charge >= 0.3 is 0 Å². The molecular formula is C15H22N2. The van der Waals surface area contributed by atoms with Crippen LogP contribution in [0.4, 0.5) is 5.69 Å². The van der Waals surface area contributed by atoms with Crippen LogP contribution in [0.15, 0.2) is 36.4 Å². The first-order valence-electron chi connectivity index (χ1n) is 6.45. The van der Waals surface area contributed by atoms with Gasteiger partial charge in [0.15, 0.2) is 0 Å². The van der Waals surface area contributed by atoms with Crippen LogP contribution in [0.1, 0.15) is 18.9 Å². The van der Waals surface area contributed by atoms with E-state index in [9.17, 15) is 0 Å². The van der Waals surface area contributed by atoms with E-state index in [0.717, 1.165) is 19.5 Å². The van der Waals surface area contributed by atoms with E-state index in [4.69, 9.17) is 5.73 Å². The molecule has 2 N–H and O–H groups in total. The van der Waals surface area contributed by atoms with Crippen molar-refractivity contribution in [3.8, 4) is 0 Å². The lowest BCUT2D eigenvalue weighted by Crippen LogP contribution is -2.30. The minimum absolute atomic E-state index is 0.260. The second-order valence-corrected chi connectivity index (χ2v) is 4.87. The van der Waals surface area contributed by atoms with E-state index in [1.54, 1.807) is 0 Å². The smallest absolute Gasteiger partial charge is 0.0396 e. The van der Waals surface area contributed by atoms with Gasteiger partial charge in [-0.05, 0) is 37.8 Å². The summed E-state index contributed by atoms with van der Waals surface area (Å²) >= 11 is 0. The lowest BCUT2D eigenvalue weighted by Gasteiger charge is -2.27. The van der Waals surface area contributed by atoms with E-state index in [2.05, 4.69) is 55.2 Å². The fourth-order valence-electron chi connectivity index (χ4n) is 2.54. The van der Waals surface area contributed by atoms with Crippen molar-refractivity contribution in [1.29, 1.82) is 0 Å². The molecule has 1 aromatic rings. The zero-order valence-corrected chi connectivity index (χ0v) is 10.8. The summed E-state index contributed by atoms with van der Waals surface area (Å²) in [6.45, 7) is 6.51. The maximum atomic E-state index is 5.91. The average Bonchev–Trinajstić information content (AvgIpc) is 2.73. The van der Waals surface area contributed by atoms with E-state index < -0.39 is 0 Å². The second kappa shape index (κ2) is 5.37. The number of para-hydroxylation sites is 1. The SMILES string of the molecule is CCN(CC1C=CC(N)C1)c1ccccc1C. The maximum Gasteiger partial charge on any atom is 0.0396 e. The van der Waals surface area contributed by atoms with Gasteiger partial charge in [0, 0.05) is 24.8 Å². The summed E-state index contributed by atoms with van der Waals surface area (Å²) in [7, 11) is 0. The summed E-state index contributed by atoms with van der Waals surface area (Å²) in [5, 5.41) is 0. The average molecular weight is 230 g/mol. The molecule has 1 aromatic carbocycles. The third kappa shape index (κ3) is 2.89. The molecule has 17 heavy (non-hydrogen) atoms. The predicted molar refractivity (Wildman–Crippen MR) is 74.3 cm³/mol. The van der Waals surface area contributed by atoms with Crippen molar-refractivity contribution in [2.24, 2.45) is 11.7 Å². The van der Waals surface area contributed by atoms with Gasteiger partial charge in [0.05, 0.1) is 0 Å². The first-order valence-corrected chi connectivity index (χ1v) is 6.45. The molecule has 2 unspecified atom stereocenters. The summed E-state index contributed by atoms with van der Waals surface area (Å²) < 4.78 is 0. The van der Waals surface area contributed by atoms with E-state index in [0.29, 0.717) is 5.92 Å². The Morgan fingerprint density at radius 1 is 1.29 bits per heavy atom. The van der Waals surface area contributed by atoms with Crippen molar-refractivity contribution >= 4 is 5.69 Å². The Balaban J connectivity index is 2.07. The number of anilines is 1. The molecule has 0 saturated carbocycles. The minimum Gasteiger partial charge on any atom is -0.371 e. The highest BCUT2D eigenvalue weighted by Crippen LogP contribution is 2.24. The molecule has 0 aromatic heterocycles. The normalized spacial score (nSPS) is 23.0. The first kappa shape index (κ1) is 12.2. The largest absolute Gasteiger partial charge is 0.371 e. The van der Waals surface area contributed by atoms with Crippen molar-refractivity contribution in [2.75, 3.05) is 18.0 Å². The van der Waals surface area contributed by atoms with Crippen LogP contribution in [0.3, 0.4) is 0 Å². The number of rotatable bonds is 4. The quantitative estimate of drug-likeness (QED) is 0.806.